The van der Waals surface area contributed by atoms with E-state index in [1.54, 1.807) is 13.1 Å². The Hall–Kier alpha value is -3.23. The van der Waals surface area contributed by atoms with Crippen molar-refractivity contribution in [1.82, 2.24) is 10.2 Å². The molecular formula is C35H58ClN5. The maximum atomic E-state index is 6.03. The van der Waals surface area contributed by atoms with Gasteiger partial charge in [0.2, 0.25) is 0 Å². The van der Waals surface area contributed by atoms with Crippen molar-refractivity contribution in [3.05, 3.63) is 84.6 Å². The molecule has 0 fully saturated rings. The van der Waals surface area contributed by atoms with E-state index in [0.717, 1.165) is 63.0 Å². The zero-order valence-corrected chi connectivity index (χ0v) is 28.0. The van der Waals surface area contributed by atoms with Crippen molar-refractivity contribution in [2.45, 2.75) is 87.5 Å². The number of nitrogens with two attached hydrogens (primary N) is 1. The minimum atomic E-state index is 0.476. The van der Waals surface area contributed by atoms with E-state index >= 15 is 0 Å². The summed E-state index contributed by atoms with van der Waals surface area (Å²) >= 11 is 6.03. The molecule has 0 aliphatic carbocycles. The maximum absolute atomic E-state index is 6.03. The lowest BCUT2D eigenvalue weighted by Crippen LogP contribution is -2.27. The second-order valence-corrected chi connectivity index (χ2v) is 9.99. The molecule has 6 heteroatoms. The van der Waals surface area contributed by atoms with Gasteiger partial charge in [0.25, 0.3) is 0 Å². The quantitative estimate of drug-likeness (QED) is 0.116. The lowest BCUT2D eigenvalue weighted by atomic mass is 10.0. The first-order chi connectivity index (χ1) is 19.6. The highest BCUT2D eigenvalue weighted by molar-refractivity contribution is 6.64. The Balaban J connectivity index is -0.00000189. The van der Waals surface area contributed by atoms with E-state index in [2.05, 4.69) is 105 Å². The third-order valence-electron chi connectivity index (χ3n) is 5.80. The zero-order valence-electron chi connectivity index (χ0n) is 27.3. The number of hydrogen-bond acceptors (Lipinski definition) is 5. The summed E-state index contributed by atoms with van der Waals surface area (Å²) in [5.74, 6) is 1.24. The topological polar surface area (TPSA) is 66.0 Å². The average molecular weight is 584 g/mol. The Morgan fingerprint density at radius 2 is 1.73 bits per heavy atom. The second-order valence-electron chi connectivity index (χ2n) is 9.44. The number of hydrogen-bond donors (Lipinski definition) is 2. The minimum absolute atomic E-state index is 0.476. The molecule has 0 radical (unpaired) electrons. The molecule has 5 nitrogen and oxygen atoms in total. The fourth-order valence-electron chi connectivity index (χ4n) is 3.79. The molecule has 0 heterocycles. The molecule has 1 aromatic carbocycles. The summed E-state index contributed by atoms with van der Waals surface area (Å²) in [5, 5.41) is 3.57. The Kier molecular flexibility index (Phi) is 29.2. The van der Waals surface area contributed by atoms with Crippen LogP contribution in [0.3, 0.4) is 0 Å². The number of allylic oxidation sites excluding steroid dienone is 1. The first-order valence-electron chi connectivity index (χ1n) is 14.5. The van der Waals surface area contributed by atoms with Crippen molar-refractivity contribution < 1.29 is 0 Å². The smallest absolute Gasteiger partial charge is 0.136 e. The average Bonchev–Trinajstić information content (AvgIpc) is 2.95. The summed E-state index contributed by atoms with van der Waals surface area (Å²) in [6.45, 7) is 30.7. The number of aryl methyl sites for hydroxylation is 1. The molecule has 0 saturated carbocycles. The SMILES string of the molecule is C#C.C=CN.C=CNC(/N=C(\C)Cl)=C(/C)C(=C)N(CCCC)CCCC(C)CN=C(C)Cc1cccc(C)c1.CC. The molecule has 41 heavy (non-hydrogen) atoms. The van der Waals surface area contributed by atoms with Gasteiger partial charge >= 0.3 is 0 Å². The van der Waals surface area contributed by atoms with Crippen LogP contribution in [0.2, 0.25) is 0 Å². The standard InChI is InChI=1S/C29H45ClN4.C2H5N.C2H6.C2H2/c1-9-11-17-34(26(7)25(6)29(31-10-2)33-27(8)30)18-13-15-23(4)21-32-24(5)20-28-16-12-14-22(3)19-28;1-2-3;2*1-2/h10,12,14,16,19,23,31H,2,7,9,11,13,15,17-18,20-21H2,1,3-6,8H3;2H,1,3H2;1-2H3;1-2H/b29-25+,32-24?,33-27+;;;. The van der Waals surface area contributed by atoms with Crippen LogP contribution in [-0.2, 0) is 6.42 Å². The van der Waals surface area contributed by atoms with Crippen LogP contribution < -0.4 is 11.1 Å². The Labute approximate surface area is 258 Å². The molecule has 0 bridgehead atoms. The second kappa shape index (κ2) is 28.3. The number of terminal acetylenes is 1. The molecule has 0 aliphatic rings. The van der Waals surface area contributed by atoms with Crippen LogP contribution >= 0.6 is 11.6 Å². The largest absolute Gasteiger partial charge is 0.405 e. The molecule has 0 aliphatic heterocycles. The summed E-state index contributed by atoms with van der Waals surface area (Å²) in [7, 11) is 0. The van der Waals surface area contributed by atoms with E-state index < -0.39 is 0 Å². The van der Waals surface area contributed by atoms with E-state index in [9.17, 15) is 0 Å². The summed E-state index contributed by atoms with van der Waals surface area (Å²) in [6, 6.07) is 8.68. The van der Waals surface area contributed by atoms with E-state index in [4.69, 9.17) is 16.6 Å². The first kappa shape index (κ1) is 42.2. The van der Waals surface area contributed by atoms with Gasteiger partial charge in [0.15, 0.2) is 0 Å². The van der Waals surface area contributed by atoms with E-state index in [1.165, 1.54) is 23.0 Å². The Morgan fingerprint density at radius 3 is 2.24 bits per heavy atom. The van der Waals surface area contributed by atoms with Crippen LogP contribution in [0, 0.1) is 25.7 Å². The monoisotopic (exact) mass is 583 g/mol. The third kappa shape index (κ3) is 22.2. The summed E-state index contributed by atoms with van der Waals surface area (Å²) in [5.41, 5.74) is 10.4. The van der Waals surface area contributed by atoms with Gasteiger partial charge in [-0.2, -0.15) is 0 Å². The normalized spacial score (nSPS) is 12.0. The van der Waals surface area contributed by atoms with Crippen molar-refractivity contribution in [3.8, 4) is 12.8 Å². The van der Waals surface area contributed by atoms with Crippen LogP contribution in [0.5, 0.6) is 0 Å². The molecule has 1 aromatic rings. The van der Waals surface area contributed by atoms with Gasteiger partial charge in [0.05, 0.1) is 0 Å². The number of nitrogens with one attached hydrogen (secondary N) is 1. The van der Waals surface area contributed by atoms with Gasteiger partial charge in [-0.3, -0.25) is 4.99 Å². The van der Waals surface area contributed by atoms with Crippen molar-refractivity contribution >= 4 is 22.5 Å². The highest BCUT2D eigenvalue weighted by Gasteiger charge is 2.13. The lowest BCUT2D eigenvalue weighted by molar-refractivity contribution is 0.324. The zero-order chi connectivity index (χ0) is 32.2. The van der Waals surface area contributed by atoms with Gasteiger partial charge in [-0.15, -0.1) is 12.8 Å². The molecule has 230 valence electrons. The van der Waals surface area contributed by atoms with E-state index in [-0.39, 0.29) is 0 Å². The van der Waals surface area contributed by atoms with Gasteiger partial charge in [0, 0.05) is 43.0 Å². The molecule has 1 unspecified atom stereocenters. The number of aliphatic imine (C=N–C) groups is 2. The molecule has 0 aromatic heterocycles. The van der Waals surface area contributed by atoms with Gasteiger partial charge in [0.1, 0.15) is 11.0 Å². The van der Waals surface area contributed by atoms with Gasteiger partial charge in [-0.05, 0) is 70.8 Å². The molecule has 0 spiro atoms. The van der Waals surface area contributed by atoms with Crippen molar-refractivity contribution in [2.75, 3.05) is 19.6 Å². The van der Waals surface area contributed by atoms with E-state index in [0.29, 0.717) is 16.9 Å². The maximum Gasteiger partial charge on any atom is 0.136 e. The molecule has 0 saturated heterocycles. The van der Waals surface area contributed by atoms with Crippen LogP contribution in [-0.4, -0.2) is 35.4 Å². The molecular weight excluding hydrogens is 526 g/mol. The predicted octanol–water partition coefficient (Wildman–Crippen LogP) is 9.02. The van der Waals surface area contributed by atoms with Gasteiger partial charge in [-0.1, -0.05) is 95.3 Å². The van der Waals surface area contributed by atoms with Crippen molar-refractivity contribution in [3.63, 3.8) is 0 Å². The minimum Gasteiger partial charge on any atom is -0.405 e. The number of rotatable bonds is 16. The number of halogens is 1. The van der Waals surface area contributed by atoms with Crippen molar-refractivity contribution in [2.24, 2.45) is 21.6 Å². The fourth-order valence-corrected chi connectivity index (χ4v) is 3.87. The third-order valence-corrected chi connectivity index (χ3v) is 5.88. The van der Waals surface area contributed by atoms with Crippen LogP contribution in [0.4, 0.5) is 0 Å². The highest BCUT2D eigenvalue weighted by atomic mass is 35.5. The lowest BCUT2D eigenvalue weighted by Gasteiger charge is -2.28. The Morgan fingerprint density at radius 1 is 1.15 bits per heavy atom. The van der Waals surface area contributed by atoms with E-state index in [1.807, 2.05) is 20.8 Å². The fraction of sp³-hybridized carbons (Fsp3) is 0.486. The first-order valence-corrected chi connectivity index (χ1v) is 14.9. The molecule has 0 amide bonds. The predicted molar refractivity (Wildman–Crippen MR) is 187 cm³/mol. The number of unbranched alkanes of at least 4 members (excludes halogenated alkanes) is 1. The van der Waals surface area contributed by atoms with Gasteiger partial charge in [-0.25, -0.2) is 4.99 Å². The number of nitrogens with zero attached hydrogens (tertiary/aromatic N) is 3. The summed E-state index contributed by atoms with van der Waals surface area (Å²) < 4.78 is 0. The summed E-state index contributed by atoms with van der Waals surface area (Å²) in [6.07, 6.45) is 16.3. The van der Waals surface area contributed by atoms with Crippen molar-refractivity contribution in [1.29, 1.82) is 0 Å². The van der Waals surface area contributed by atoms with Gasteiger partial charge < -0.3 is 16.0 Å². The van der Waals surface area contributed by atoms with Crippen LogP contribution in [0.25, 0.3) is 0 Å². The molecule has 3 N–H and O–H groups in total. The number of benzene rings is 1. The molecule has 1 rings (SSSR count). The van der Waals surface area contributed by atoms with Crippen LogP contribution in [0.15, 0.2) is 83.5 Å². The highest BCUT2D eigenvalue weighted by Crippen LogP contribution is 2.20. The Bertz CT molecular complexity index is 968. The molecule has 1 atom stereocenters. The summed E-state index contributed by atoms with van der Waals surface area (Å²) in [4.78, 5) is 11.7. The van der Waals surface area contributed by atoms with Crippen LogP contribution in [0.1, 0.15) is 85.3 Å².